The minimum Gasteiger partial charge on any atom is -0.467 e. The Morgan fingerprint density at radius 1 is 1.00 bits per heavy atom. The van der Waals surface area contributed by atoms with Crippen molar-refractivity contribution in [2.75, 3.05) is 0 Å². The van der Waals surface area contributed by atoms with Gasteiger partial charge in [-0.3, -0.25) is 4.79 Å². The molecule has 0 spiro atoms. The number of halogens is 1. The van der Waals surface area contributed by atoms with E-state index in [0.29, 0.717) is 6.42 Å². The first kappa shape index (κ1) is 15.6. The van der Waals surface area contributed by atoms with Crippen molar-refractivity contribution in [1.82, 2.24) is 5.32 Å². The van der Waals surface area contributed by atoms with Crippen LogP contribution in [0.3, 0.4) is 0 Å². The molecule has 3 rings (SSSR count). The van der Waals surface area contributed by atoms with Gasteiger partial charge in [-0.05, 0) is 35.4 Å². The van der Waals surface area contributed by atoms with Crippen molar-refractivity contribution in [3.63, 3.8) is 0 Å². The van der Waals surface area contributed by atoms with Crippen LogP contribution in [0, 0.1) is 0 Å². The summed E-state index contributed by atoms with van der Waals surface area (Å²) in [5, 5.41) is 3.05. The van der Waals surface area contributed by atoms with Crippen molar-refractivity contribution in [2.45, 2.75) is 12.5 Å². The van der Waals surface area contributed by atoms with Gasteiger partial charge in [0.2, 0.25) is 5.91 Å². The van der Waals surface area contributed by atoms with Crippen molar-refractivity contribution in [2.24, 2.45) is 0 Å². The lowest BCUT2D eigenvalue weighted by Crippen LogP contribution is -2.30. The van der Waals surface area contributed by atoms with E-state index in [4.69, 9.17) is 4.42 Å². The maximum Gasteiger partial charge on any atom is 0.225 e. The Morgan fingerprint density at radius 2 is 1.74 bits per heavy atom. The Balaban J connectivity index is 1.76. The number of furan rings is 1. The van der Waals surface area contributed by atoms with Gasteiger partial charge in [-0.1, -0.05) is 58.4 Å². The van der Waals surface area contributed by atoms with Gasteiger partial charge in [0.1, 0.15) is 11.8 Å². The summed E-state index contributed by atoms with van der Waals surface area (Å²) in [5.41, 5.74) is 1.96. The molecular weight excluding hydrogens is 354 g/mol. The number of hydrogen-bond donors (Lipinski definition) is 1. The average Bonchev–Trinajstić information content (AvgIpc) is 3.10. The van der Waals surface area contributed by atoms with Crippen LogP contribution in [-0.4, -0.2) is 5.91 Å². The number of nitrogens with one attached hydrogen (secondary N) is 1. The van der Waals surface area contributed by atoms with Gasteiger partial charge in [0, 0.05) is 4.47 Å². The Bertz CT molecular complexity index is 752. The monoisotopic (exact) mass is 369 g/mol. The maximum atomic E-state index is 12.4. The standard InChI is InChI=1S/C19H16BrNO2/c20-16-10-8-14(9-11-16)13-18(22)21-19(17-7-4-12-23-17)15-5-2-1-3-6-15/h1-12,19H,13H2,(H,21,22)/t19-/m0/s1. The van der Waals surface area contributed by atoms with E-state index in [-0.39, 0.29) is 11.9 Å². The molecule has 0 fully saturated rings. The Kier molecular flexibility index (Phi) is 4.93. The van der Waals surface area contributed by atoms with Crippen LogP contribution >= 0.6 is 15.9 Å². The third kappa shape index (κ3) is 4.11. The van der Waals surface area contributed by atoms with Gasteiger partial charge >= 0.3 is 0 Å². The van der Waals surface area contributed by atoms with Crippen LogP contribution < -0.4 is 5.32 Å². The number of carbonyl (C=O) groups is 1. The SMILES string of the molecule is O=C(Cc1ccc(Br)cc1)N[C@@H](c1ccccc1)c1ccco1. The summed E-state index contributed by atoms with van der Waals surface area (Å²) in [6, 6.07) is 21.0. The van der Waals surface area contributed by atoms with Crippen molar-refractivity contribution in [3.05, 3.63) is 94.4 Å². The summed E-state index contributed by atoms with van der Waals surface area (Å²) in [4.78, 5) is 12.4. The molecule has 1 aromatic heterocycles. The highest BCUT2D eigenvalue weighted by atomic mass is 79.9. The van der Waals surface area contributed by atoms with Gasteiger partial charge in [-0.25, -0.2) is 0 Å². The predicted octanol–water partition coefficient (Wildman–Crippen LogP) is 4.49. The molecule has 1 amide bonds. The maximum absolute atomic E-state index is 12.4. The molecule has 0 unspecified atom stereocenters. The molecule has 1 heterocycles. The van der Waals surface area contributed by atoms with Gasteiger partial charge < -0.3 is 9.73 Å². The smallest absolute Gasteiger partial charge is 0.225 e. The quantitative estimate of drug-likeness (QED) is 0.719. The molecule has 0 aliphatic rings. The number of hydrogen-bond acceptors (Lipinski definition) is 2. The summed E-state index contributed by atoms with van der Waals surface area (Å²) in [5.74, 6) is 0.679. The predicted molar refractivity (Wildman–Crippen MR) is 93.0 cm³/mol. The van der Waals surface area contributed by atoms with Gasteiger partial charge in [0.25, 0.3) is 0 Å². The topological polar surface area (TPSA) is 42.2 Å². The zero-order valence-corrected chi connectivity index (χ0v) is 14.0. The minimum atomic E-state index is -0.283. The highest BCUT2D eigenvalue weighted by Gasteiger charge is 2.19. The van der Waals surface area contributed by atoms with E-state index < -0.39 is 0 Å². The molecule has 0 aliphatic carbocycles. The van der Waals surface area contributed by atoms with Crippen molar-refractivity contribution >= 4 is 21.8 Å². The zero-order chi connectivity index (χ0) is 16.1. The molecule has 3 aromatic rings. The molecule has 0 saturated carbocycles. The summed E-state index contributed by atoms with van der Waals surface area (Å²) in [6.07, 6.45) is 1.95. The Morgan fingerprint density at radius 3 is 2.39 bits per heavy atom. The molecule has 0 bridgehead atoms. The zero-order valence-electron chi connectivity index (χ0n) is 12.4. The lowest BCUT2D eigenvalue weighted by atomic mass is 10.0. The molecule has 0 radical (unpaired) electrons. The van der Waals surface area contributed by atoms with Crippen LogP contribution in [-0.2, 0) is 11.2 Å². The van der Waals surface area contributed by atoms with E-state index in [1.165, 1.54) is 0 Å². The van der Waals surface area contributed by atoms with Crippen LogP contribution in [0.4, 0.5) is 0 Å². The van der Waals surface area contributed by atoms with Gasteiger partial charge in [-0.15, -0.1) is 0 Å². The van der Waals surface area contributed by atoms with Crippen molar-refractivity contribution in [1.29, 1.82) is 0 Å². The third-order valence-electron chi connectivity index (χ3n) is 3.54. The normalized spacial score (nSPS) is 11.9. The third-order valence-corrected chi connectivity index (χ3v) is 4.07. The molecule has 23 heavy (non-hydrogen) atoms. The molecule has 0 aliphatic heterocycles. The van der Waals surface area contributed by atoms with Crippen molar-refractivity contribution in [3.8, 4) is 0 Å². The van der Waals surface area contributed by atoms with Gasteiger partial charge in [0.15, 0.2) is 0 Å². The highest BCUT2D eigenvalue weighted by Crippen LogP contribution is 2.22. The average molecular weight is 370 g/mol. The first-order valence-corrected chi connectivity index (χ1v) is 8.14. The molecule has 4 heteroatoms. The molecule has 2 aromatic carbocycles. The van der Waals surface area contributed by atoms with E-state index in [0.717, 1.165) is 21.4 Å². The van der Waals surface area contributed by atoms with E-state index in [2.05, 4.69) is 21.2 Å². The molecule has 3 nitrogen and oxygen atoms in total. The molecule has 1 atom stereocenters. The van der Waals surface area contributed by atoms with Crippen molar-refractivity contribution < 1.29 is 9.21 Å². The summed E-state index contributed by atoms with van der Waals surface area (Å²) in [6.45, 7) is 0. The summed E-state index contributed by atoms with van der Waals surface area (Å²) < 4.78 is 6.50. The Hall–Kier alpha value is -2.33. The number of benzene rings is 2. The van der Waals surface area contributed by atoms with Crippen LogP contribution in [0.2, 0.25) is 0 Å². The largest absolute Gasteiger partial charge is 0.467 e. The molecule has 0 saturated heterocycles. The first-order chi connectivity index (χ1) is 11.2. The Labute approximate surface area is 143 Å². The molecule has 116 valence electrons. The minimum absolute atomic E-state index is 0.0439. The van der Waals surface area contributed by atoms with E-state index >= 15 is 0 Å². The first-order valence-electron chi connectivity index (χ1n) is 7.34. The lowest BCUT2D eigenvalue weighted by Gasteiger charge is -2.17. The summed E-state index contributed by atoms with van der Waals surface area (Å²) in [7, 11) is 0. The highest BCUT2D eigenvalue weighted by molar-refractivity contribution is 9.10. The second kappa shape index (κ2) is 7.29. The van der Waals surface area contributed by atoms with Crippen LogP contribution in [0.5, 0.6) is 0 Å². The number of amides is 1. The van der Waals surface area contributed by atoms with E-state index in [1.54, 1.807) is 6.26 Å². The molecule has 1 N–H and O–H groups in total. The second-order valence-electron chi connectivity index (χ2n) is 5.23. The second-order valence-corrected chi connectivity index (χ2v) is 6.15. The summed E-state index contributed by atoms with van der Waals surface area (Å²) >= 11 is 3.40. The fourth-order valence-electron chi connectivity index (χ4n) is 2.42. The van der Waals surface area contributed by atoms with Gasteiger partial charge in [0.05, 0.1) is 12.7 Å². The molecular formula is C19H16BrNO2. The lowest BCUT2D eigenvalue weighted by molar-refractivity contribution is -0.121. The van der Waals surface area contributed by atoms with E-state index in [9.17, 15) is 4.79 Å². The number of carbonyl (C=O) groups excluding carboxylic acids is 1. The fourth-order valence-corrected chi connectivity index (χ4v) is 2.68. The van der Waals surface area contributed by atoms with Crippen LogP contribution in [0.1, 0.15) is 22.9 Å². The van der Waals surface area contributed by atoms with Crippen LogP contribution in [0.15, 0.2) is 81.9 Å². The van der Waals surface area contributed by atoms with E-state index in [1.807, 2.05) is 66.7 Å². The van der Waals surface area contributed by atoms with Gasteiger partial charge in [-0.2, -0.15) is 0 Å². The number of rotatable bonds is 5. The van der Waals surface area contributed by atoms with Crippen LogP contribution in [0.25, 0.3) is 0 Å². The fraction of sp³-hybridized carbons (Fsp3) is 0.105.